The molecule has 1 aliphatic rings. The highest BCUT2D eigenvalue weighted by molar-refractivity contribution is 5.97. The first-order valence-electron chi connectivity index (χ1n) is 8.28. The van der Waals surface area contributed by atoms with E-state index >= 15 is 0 Å². The fraction of sp³-hybridized carbons (Fsp3) is 0.444. The van der Waals surface area contributed by atoms with Gasteiger partial charge in [0.25, 0.3) is 0 Å². The highest BCUT2D eigenvalue weighted by Crippen LogP contribution is 2.37. The molecule has 1 fully saturated rings. The Labute approximate surface area is 142 Å². The number of piperazine rings is 1. The van der Waals surface area contributed by atoms with Gasteiger partial charge in [-0.15, -0.1) is 0 Å². The van der Waals surface area contributed by atoms with Crippen LogP contribution in [0.25, 0.3) is 10.9 Å². The maximum absolute atomic E-state index is 9.77. The van der Waals surface area contributed by atoms with E-state index in [4.69, 9.17) is 9.47 Å². The highest BCUT2D eigenvalue weighted by Gasteiger charge is 2.22. The molecule has 126 valence electrons. The third-order valence-electron chi connectivity index (χ3n) is 4.12. The lowest BCUT2D eigenvalue weighted by molar-refractivity contribution is 0.305. The smallest absolute Gasteiger partial charge is 0.234 e. The Hall–Kier alpha value is -2.52. The van der Waals surface area contributed by atoms with Crippen LogP contribution in [-0.2, 0) is 0 Å². The number of aromatic nitrogens is 1. The molecule has 24 heavy (non-hydrogen) atoms. The lowest BCUT2D eigenvalue weighted by Gasteiger charge is -2.31. The van der Waals surface area contributed by atoms with Crippen LogP contribution in [0.2, 0.25) is 0 Å². The number of rotatable bonds is 5. The number of nitriles is 1. The second-order valence-corrected chi connectivity index (χ2v) is 5.72. The molecule has 1 aromatic carbocycles. The molecule has 0 bridgehead atoms. The van der Waals surface area contributed by atoms with Crippen LogP contribution < -0.4 is 19.7 Å². The maximum atomic E-state index is 9.77. The van der Waals surface area contributed by atoms with Gasteiger partial charge in [-0.3, -0.25) is 0 Å². The zero-order valence-electron chi connectivity index (χ0n) is 14.1. The van der Waals surface area contributed by atoms with Crippen LogP contribution in [0.1, 0.15) is 18.9 Å². The molecule has 1 aliphatic heterocycles. The van der Waals surface area contributed by atoms with E-state index in [1.54, 1.807) is 7.11 Å². The summed E-state index contributed by atoms with van der Waals surface area (Å²) in [5, 5.41) is 14.0. The van der Waals surface area contributed by atoms with Crippen LogP contribution in [0, 0.1) is 11.3 Å². The number of nitrogens with one attached hydrogen (secondary N) is 1. The van der Waals surface area contributed by atoms with E-state index in [1.165, 1.54) is 0 Å². The van der Waals surface area contributed by atoms with Gasteiger partial charge in [-0.2, -0.15) is 5.26 Å². The van der Waals surface area contributed by atoms with E-state index in [1.807, 2.05) is 25.1 Å². The predicted octanol–water partition coefficient (Wildman–Crippen LogP) is 2.31. The number of hydrogen-bond acceptors (Lipinski definition) is 6. The van der Waals surface area contributed by atoms with Gasteiger partial charge >= 0.3 is 0 Å². The van der Waals surface area contributed by atoms with Crippen molar-refractivity contribution in [1.82, 2.24) is 10.3 Å². The third-order valence-corrected chi connectivity index (χ3v) is 4.12. The summed E-state index contributed by atoms with van der Waals surface area (Å²) in [6.45, 7) is 6.06. The van der Waals surface area contributed by atoms with Crippen molar-refractivity contribution in [2.45, 2.75) is 13.3 Å². The Morgan fingerprint density at radius 2 is 2.12 bits per heavy atom. The topological polar surface area (TPSA) is 70.4 Å². The number of pyridine rings is 1. The van der Waals surface area contributed by atoms with Crippen LogP contribution in [-0.4, -0.2) is 44.9 Å². The lowest BCUT2D eigenvalue weighted by atomic mass is 10.1. The summed E-state index contributed by atoms with van der Waals surface area (Å²) in [7, 11) is 1.64. The number of anilines is 1. The van der Waals surface area contributed by atoms with Crippen molar-refractivity contribution in [2.75, 3.05) is 44.8 Å². The molecule has 1 aromatic heterocycles. The molecular weight excluding hydrogens is 304 g/mol. The Kier molecular flexibility index (Phi) is 5.02. The third kappa shape index (κ3) is 3.08. The summed E-state index contributed by atoms with van der Waals surface area (Å²) in [5.74, 6) is 1.18. The van der Waals surface area contributed by atoms with Gasteiger partial charge in [-0.1, -0.05) is 6.92 Å². The molecule has 1 saturated heterocycles. The Bertz CT molecular complexity index is 764. The summed E-state index contributed by atoms with van der Waals surface area (Å²) in [5.41, 5.74) is 2.22. The molecule has 2 heterocycles. The van der Waals surface area contributed by atoms with Gasteiger partial charge in [0.15, 0.2) is 0 Å². The van der Waals surface area contributed by atoms with Crippen LogP contribution in [0.4, 0.5) is 5.69 Å². The van der Waals surface area contributed by atoms with E-state index in [9.17, 15) is 5.26 Å². The fourth-order valence-electron chi connectivity index (χ4n) is 2.95. The van der Waals surface area contributed by atoms with Gasteiger partial charge in [-0.25, -0.2) is 4.98 Å². The lowest BCUT2D eigenvalue weighted by Crippen LogP contribution is -2.44. The van der Waals surface area contributed by atoms with Crippen LogP contribution >= 0.6 is 0 Å². The van der Waals surface area contributed by atoms with Crippen molar-refractivity contribution in [2.24, 2.45) is 0 Å². The highest BCUT2D eigenvalue weighted by atomic mass is 16.5. The number of benzene rings is 1. The standard InChI is InChI=1S/C18H22N4O2/c1-3-10-24-18-15(12-19)17(22-8-6-20-7-9-22)14-11-13(23-2)4-5-16(14)21-18/h4-5,11,20H,3,6-10H2,1-2H3. The van der Waals surface area contributed by atoms with E-state index < -0.39 is 0 Å². The van der Waals surface area contributed by atoms with Gasteiger partial charge in [-0.05, 0) is 24.6 Å². The fourth-order valence-corrected chi connectivity index (χ4v) is 2.95. The van der Waals surface area contributed by atoms with E-state index in [2.05, 4.69) is 21.3 Å². The molecule has 0 saturated carbocycles. The van der Waals surface area contributed by atoms with Crippen molar-refractivity contribution < 1.29 is 9.47 Å². The minimum atomic E-state index is 0.422. The number of hydrogen-bond donors (Lipinski definition) is 1. The SMILES string of the molecule is CCCOc1nc2ccc(OC)cc2c(N2CCNCC2)c1C#N. The molecular formula is C18H22N4O2. The predicted molar refractivity (Wildman–Crippen MR) is 93.9 cm³/mol. The normalized spacial score (nSPS) is 14.5. The number of nitrogens with zero attached hydrogens (tertiary/aromatic N) is 3. The minimum absolute atomic E-state index is 0.422. The number of methoxy groups -OCH3 is 1. The van der Waals surface area contributed by atoms with Crippen molar-refractivity contribution in [3.63, 3.8) is 0 Å². The molecule has 0 amide bonds. The first-order valence-corrected chi connectivity index (χ1v) is 8.28. The summed E-state index contributed by atoms with van der Waals surface area (Å²) in [6.07, 6.45) is 0.871. The Balaban J connectivity index is 2.22. The van der Waals surface area contributed by atoms with Crippen LogP contribution in [0.15, 0.2) is 18.2 Å². The zero-order chi connectivity index (χ0) is 16.9. The second-order valence-electron chi connectivity index (χ2n) is 5.72. The number of ether oxygens (including phenoxy) is 2. The van der Waals surface area contributed by atoms with Crippen molar-refractivity contribution in [3.05, 3.63) is 23.8 Å². The van der Waals surface area contributed by atoms with Crippen LogP contribution in [0.5, 0.6) is 11.6 Å². The van der Waals surface area contributed by atoms with E-state index in [-0.39, 0.29) is 0 Å². The van der Waals surface area contributed by atoms with Crippen molar-refractivity contribution in [1.29, 1.82) is 5.26 Å². The first kappa shape index (κ1) is 16.3. The average molecular weight is 326 g/mol. The molecule has 3 rings (SSSR count). The monoisotopic (exact) mass is 326 g/mol. The largest absolute Gasteiger partial charge is 0.497 e. The molecule has 0 atom stereocenters. The average Bonchev–Trinajstić information content (AvgIpc) is 2.65. The molecule has 0 spiro atoms. The van der Waals surface area contributed by atoms with Crippen molar-refractivity contribution in [3.8, 4) is 17.7 Å². The molecule has 6 nitrogen and oxygen atoms in total. The molecule has 0 radical (unpaired) electrons. The number of fused-ring (bicyclic) bond motifs is 1. The minimum Gasteiger partial charge on any atom is -0.497 e. The quantitative estimate of drug-likeness (QED) is 0.909. The first-order chi connectivity index (χ1) is 11.8. The van der Waals surface area contributed by atoms with Gasteiger partial charge < -0.3 is 19.7 Å². The van der Waals surface area contributed by atoms with Gasteiger partial charge in [0.2, 0.25) is 5.88 Å². The zero-order valence-corrected chi connectivity index (χ0v) is 14.1. The molecule has 0 unspecified atom stereocenters. The Morgan fingerprint density at radius 1 is 1.33 bits per heavy atom. The van der Waals surface area contributed by atoms with E-state index in [0.717, 1.165) is 54.9 Å². The molecule has 2 aromatic rings. The maximum Gasteiger partial charge on any atom is 0.234 e. The van der Waals surface area contributed by atoms with Crippen molar-refractivity contribution >= 4 is 16.6 Å². The van der Waals surface area contributed by atoms with Gasteiger partial charge in [0.1, 0.15) is 17.4 Å². The summed E-state index contributed by atoms with van der Waals surface area (Å²) >= 11 is 0. The van der Waals surface area contributed by atoms with E-state index in [0.29, 0.717) is 18.1 Å². The molecule has 0 aliphatic carbocycles. The summed E-state index contributed by atoms with van der Waals surface area (Å²) in [4.78, 5) is 6.81. The summed E-state index contributed by atoms with van der Waals surface area (Å²) < 4.78 is 11.1. The van der Waals surface area contributed by atoms with Gasteiger partial charge in [0.05, 0.1) is 24.9 Å². The Morgan fingerprint density at radius 3 is 2.79 bits per heavy atom. The second kappa shape index (κ2) is 7.37. The molecule has 6 heteroatoms. The van der Waals surface area contributed by atoms with Crippen LogP contribution in [0.3, 0.4) is 0 Å². The molecule has 1 N–H and O–H groups in total. The van der Waals surface area contributed by atoms with Gasteiger partial charge in [0, 0.05) is 31.6 Å². The summed E-state index contributed by atoms with van der Waals surface area (Å²) in [6, 6.07) is 8.06.